The number of allylic oxidation sites excluding steroid dienone is 1. The largest absolute Gasteiger partial charge is 0.493 e. The molecule has 0 saturated heterocycles. The van der Waals surface area contributed by atoms with Gasteiger partial charge in [0, 0.05) is 11.6 Å². The molecule has 1 N–H and O–H groups in total. The van der Waals surface area contributed by atoms with Gasteiger partial charge in [-0.25, -0.2) is 5.43 Å². The lowest BCUT2D eigenvalue weighted by Crippen LogP contribution is -2.16. The van der Waals surface area contributed by atoms with Gasteiger partial charge < -0.3 is 9.15 Å². The van der Waals surface area contributed by atoms with E-state index in [0.717, 1.165) is 10.9 Å². The molecule has 0 atom stereocenters. The van der Waals surface area contributed by atoms with Crippen molar-refractivity contribution in [1.29, 1.82) is 0 Å². The summed E-state index contributed by atoms with van der Waals surface area (Å²) < 4.78 is 10.8. The van der Waals surface area contributed by atoms with E-state index in [1.165, 1.54) is 6.21 Å². The molecule has 120 valence electrons. The van der Waals surface area contributed by atoms with E-state index in [2.05, 4.69) is 10.5 Å². The fraction of sp³-hybridized carbons (Fsp3) is 0.0526. The van der Waals surface area contributed by atoms with Gasteiger partial charge in [0.1, 0.15) is 0 Å². The topological polar surface area (TPSA) is 63.8 Å². The van der Waals surface area contributed by atoms with Crippen LogP contribution in [0, 0.1) is 0 Å². The monoisotopic (exact) mass is 320 g/mol. The Hall–Kier alpha value is -3.34. The highest BCUT2D eigenvalue weighted by Crippen LogP contribution is 2.28. The van der Waals surface area contributed by atoms with Crippen molar-refractivity contribution in [1.82, 2.24) is 5.43 Å². The number of nitrogens with zero attached hydrogens (tertiary/aromatic N) is 1. The van der Waals surface area contributed by atoms with Crippen molar-refractivity contribution in [3.63, 3.8) is 0 Å². The summed E-state index contributed by atoms with van der Waals surface area (Å²) in [5.41, 5.74) is 4.02. The summed E-state index contributed by atoms with van der Waals surface area (Å²) in [6.07, 6.45) is 5.15. The molecule has 1 heterocycles. The van der Waals surface area contributed by atoms with Crippen LogP contribution in [0.4, 0.5) is 0 Å². The van der Waals surface area contributed by atoms with E-state index in [-0.39, 0.29) is 5.76 Å². The molecule has 3 aromatic rings. The molecular weight excluding hydrogens is 304 g/mol. The number of ether oxygens (including phenoxy) is 1. The number of hydrogen-bond donors (Lipinski definition) is 1. The Labute approximate surface area is 139 Å². The lowest BCUT2D eigenvalue weighted by Gasteiger charge is -1.98. The number of carbonyl (C=O) groups is 1. The zero-order valence-electron chi connectivity index (χ0n) is 13.1. The quantitative estimate of drug-likeness (QED) is 0.573. The standard InChI is InChI=1S/C19H16N2O3/c1-23-16-11-5-10-15-13-17(24-18(15)16)19(22)21-20-12-6-9-14-7-3-2-4-8-14/h2-13H,1H3,(H,21,22)/b9-6+,20-12+. The van der Waals surface area contributed by atoms with Gasteiger partial charge in [-0.1, -0.05) is 48.5 Å². The van der Waals surface area contributed by atoms with Crippen LogP contribution >= 0.6 is 0 Å². The Balaban J connectivity index is 1.65. The van der Waals surface area contributed by atoms with E-state index < -0.39 is 5.91 Å². The molecule has 0 fully saturated rings. The molecule has 2 aromatic carbocycles. The lowest BCUT2D eigenvalue weighted by molar-refractivity contribution is 0.0929. The fourth-order valence-electron chi connectivity index (χ4n) is 2.22. The van der Waals surface area contributed by atoms with Crippen molar-refractivity contribution in [3.05, 3.63) is 72.0 Å². The van der Waals surface area contributed by atoms with Crippen molar-refractivity contribution < 1.29 is 13.9 Å². The number of nitrogens with one attached hydrogen (secondary N) is 1. The molecule has 3 rings (SSSR count). The van der Waals surface area contributed by atoms with E-state index >= 15 is 0 Å². The van der Waals surface area contributed by atoms with E-state index in [9.17, 15) is 4.79 Å². The van der Waals surface area contributed by atoms with E-state index in [0.29, 0.717) is 11.3 Å². The number of rotatable bonds is 5. The molecule has 0 unspecified atom stereocenters. The van der Waals surface area contributed by atoms with Gasteiger partial charge in [0.15, 0.2) is 17.1 Å². The number of benzene rings is 2. The molecule has 0 saturated carbocycles. The summed E-state index contributed by atoms with van der Waals surface area (Å²) in [6.45, 7) is 0. The molecule has 5 nitrogen and oxygen atoms in total. The van der Waals surface area contributed by atoms with Crippen LogP contribution in [-0.4, -0.2) is 19.2 Å². The van der Waals surface area contributed by atoms with Crippen molar-refractivity contribution in [3.8, 4) is 5.75 Å². The Bertz CT molecular complexity index is 895. The van der Waals surface area contributed by atoms with Crippen LogP contribution in [0.1, 0.15) is 16.1 Å². The molecule has 1 aromatic heterocycles. The molecule has 0 bridgehead atoms. The van der Waals surface area contributed by atoms with Gasteiger partial charge in [-0.3, -0.25) is 4.79 Å². The van der Waals surface area contributed by atoms with Gasteiger partial charge >= 0.3 is 5.91 Å². The van der Waals surface area contributed by atoms with Gasteiger partial charge in [-0.05, 0) is 23.8 Å². The third kappa shape index (κ3) is 3.52. The second-order valence-corrected chi connectivity index (χ2v) is 4.98. The maximum absolute atomic E-state index is 12.1. The Morgan fingerprint density at radius 1 is 1.17 bits per heavy atom. The average molecular weight is 320 g/mol. The normalized spacial score (nSPS) is 11.4. The smallest absolute Gasteiger partial charge is 0.307 e. The molecule has 5 heteroatoms. The number of methoxy groups -OCH3 is 1. The van der Waals surface area contributed by atoms with Crippen molar-refractivity contribution in [2.24, 2.45) is 5.10 Å². The SMILES string of the molecule is COc1cccc2cc(C(=O)N/N=C/C=C/c3ccccc3)oc12. The third-order valence-corrected chi connectivity index (χ3v) is 3.37. The van der Waals surface area contributed by atoms with Crippen LogP contribution in [-0.2, 0) is 0 Å². The maximum Gasteiger partial charge on any atom is 0.307 e. The minimum atomic E-state index is -0.419. The predicted octanol–water partition coefficient (Wildman–Crippen LogP) is 3.87. The highest BCUT2D eigenvalue weighted by atomic mass is 16.5. The number of fused-ring (bicyclic) bond motifs is 1. The molecule has 0 aliphatic carbocycles. The number of amides is 1. The number of hydrogen-bond acceptors (Lipinski definition) is 4. The predicted molar refractivity (Wildman–Crippen MR) is 94.2 cm³/mol. The summed E-state index contributed by atoms with van der Waals surface area (Å²) in [5.74, 6) is 0.345. The number of furan rings is 1. The van der Waals surface area contributed by atoms with Gasteiger partial charge in [0.2, 0.25) is 0 Å². The molecular formula is C19H16N2O3. The second-order valence-electron chi connectivity index (χ2n) is 4.98. The van der Waals surface area contributed by atoms with Gasteiger partial charge in [-0.15, -0.1) is 0 Å². The molecule has 0 aliphatic heterocycles. The van der Waals surface area contributed by atoms with Crippen LogP contribution in [0.15, 0.2) is 70.2 Å². The minimum absolute atomic E-state index is 0.179. The molecule has 24 heavy (non-hydrogen) atoms. The summed E-state index contributed by atoms with van der Waals surface area (Å²) in [7, 11) is 1.56. The summed E-state index contributed by atoms with van der Waals surface area (Å²) in [6, 6.07) is 16.9. The van der Waals surface area contributed by atoms with E-state index in [1.54, 1.807) is 25.3 Å². The lowest BCUT2D eigenvalue weighted by atomic mass is 10.2. The van der Waals surface area contributed by atoms with Gasteiger partial charge in [0.25, 0.3) is 0 Å². The van der Waals surface area contributed by atoms with Crippen LogP contribution in [0.25, 0.3) is 17.0 Å². The molecule has 1 amide bonds. The van der Waals surface area contributed by atoms with Crippen molar-refractivity contribution in [2.75, 3.05) is 7.11 Å². The molecule has 0 spiro atoms. The highest BCUT2D eigenvalue weighted by Gasteiger charge is 2.13. The van der Waals surface area contributed by atoms with Crippen LogP contribution in [0.2, 0.25) is 0 Å². The van der Waals surface area contributed by atoms with Gasteiger partial charge in [0.05, 0.1) is 7.11 Å². The summed E-state index contributed by atoms with van der Waals surface area (Å²) in [4.78, 5) is 12.1. The molecule has 0 radical (unpaired) electrons. The number of carbonyl (C=O) groups excluding carboxylic acids is 1. The summed E-state index contributed by atoms with van der Waals surface area (Å²) >= 11 is 0. The first-order valence-electron chi connectivity index (χ1n) is 7.39. The average Bonchev–Trinajstić information content (AvgIpc) is 3.06. The minimum Gasteiger partial charge on any atom is -0.493 e. The van der Waals surface area contributed by atoms with Crippen LogP contribution in [0.3, 0.4) is 0 Å². The van der Waals surface area contributed by atoms with Crippen molar-refractivity contribution >= 4 is 29.2 Å². The highest BCUT2D eigenvalue weighted by molar-refractivity contribution is 5.97. The Morgan fingerprint density at radius 3 is 2.79 bits per heavy atom. The third-order valence-electron chi connectivity index (χ3n) is 3.37. The van der Waals surface area contributed by atoms with Gasteiger partial charge in [-0.2, -0.15) is 5.10 Å². The first-order chi connectivity index (χ1) is 11.8. The van der Waals surface area contributed by atoms with E-state index in [4.69, 9.17) is 9.15 Å². The zero-order chi connectivity index (χ0) is 16.8. The van der Waals surface area contributed by atoms with E-state index in [1.807, 2.05) is 48.5 Å². The second kappa shape index (κ2) is 7.28. The Morgan fingerprint density at radius 2 is 2.00 bits per heavy atom. The van der Waals surface area contributed by atoms with Crippen LogP contribution < -0.4 is 10.2 Å². The first-order valence-corrected chi connectivity index (χ1v) is 7.39. The summed E-state index contributed by atoms with van der Waals surface area (Å²) in [5, 5.41) is 4.67. The molecule has 0 aliphatic rings. The Kier molecular flexibility index (Phi) is 4.72. The zero-order valence-corrected chi connectivity index (χ0v) is 13.1. The first kappa shape index (κ1) is 15.6. The number of hydrazone groups is 1. The maximum atomic E-state index is 12.1. The number of para-hydroxylation sites is 1. The van der Waals surface area contributed by atoms with Crippen LogP contribution in [0.5, 0.6) is 5.75 Å². The van der Waals surface area contributed by atoms with Crippen molar-refractivity contribution in [2.45, 2.75) is 0 Å². The fourth-order valence-corrected chi connectivity index (χ4v) is 2.22.